The van der Waals surface area contributed by atoms with Crippen molar-refractivity contribution in [3.05, 3.63) is 0 Å². The predicted molar refractivity (Wildman–Crippen MR) is 75.0 cm³/mol. The Morgan fingerprint density at radius 1 is 1.10 bits per heavy atom. The van der Waals surface area contributed by atoms with Crippen LogP contribution in [-0.2, 0) is 10.1 Å². The predicted octanol–water partition coefficient (Wildman–Crippen LogP) is -2.86. The van der Waals surface area contributed by atoms with E-state index in [0.717, 1.165) is 31.0 Å². The lowest BCUT2D eigenvalue weighted by Gasteiger charge is -2.60. The number of quaternary nitrogens is 1. The topological polar surface area (TPSA) is 158 Å². The van der Waals surface area contributed by atoms with Crippen LogP contribution in [0.1, 0.15) is 6.42 Å². The Labute approximate surface area is 120 Å². The molecular weight excluding hydrogens is 309 g/mol. The van der Waals surface area contributed by atoms with Crippen LogP contribution < -0.4 is 0 Å². The quantitative estimate of drug-likeness (QED) is 0.307. The molecule has 2 atom stereocenters. The van der Waals surface area contributed by atoms with Gasteiger partial charge in [0.1, 0.15) is 19.6 Å². The molecule has 4 heterocycles. The molecule has 0 aromatic carbocycles. The number of hydrogen-bond acceptors (Lipinski definition) is 5. The molecule has 0 aliphatic carbocycles. The summed E-state index contributed by atoms with van der Waals surface area (Å²) in [5, 5.41) is 0. The second-order valence-electron chi connectivity index (χ2n) is 5.54. The first kappa shape index (κ1) is 20.1. The zero-order valence-corrected chi connectivity index (χ0v) is 13.0. The second-order valence-corrected chi connectivity index (χ2v) is 9.26. The van der Waals surface area contributed by atoms with Gasteiger partial charge in [-0.1, -0.05) is 0 Å². The van der Waals surface area contributed by atoms with Gasteiger partial charge < -0.3 is 21.0 Å². The van der Waals surface area contributed by atoms with E-state index in [1.165, 1.54) is 18.9 Å². The van der Waals surface area contributed by atoms with E-state index in [4.69, 9.17) is 0 Å². The highest BCUT2D eigenvalue weighted by molar-refractivity contribution is 7.85. The van der Waals surface area contributed by atoms with Gasteiger partial charge in [-0.05, 0) is 7.92 Å². The first-order valence-corrected chi connectivity index (χ1v) is 9.37. The molecule has 0 amide bonds. The Kier molecular flexibility index (Phi) is 6.94. The summed E-state index contributed by atoms with van der Waals surface area (Å²) in [6.45, 7) is 4.02. The van der Waals surface area contributed by atoms with E-state index in [0.29, 0.717) is 6.42 Å². The average molecular weight is 333 g/mol. The van der Waals surface area contributed by atoms with Crippen molar-refractivity contribution in [3.63, 3.8) is 0 Å². The molecule has 0 aromatic heterocycles. The van der Waals surface area contributed by atoms with Gasteiger partial charge in [0.25, 0.3) is 0 Å². The van der Waals surface area contributed by atoms with E-state index in [1.807, 2.05) is 0 Å². The zero-order valence-electron chi connectivity index (χ0n) is 11.3. The maximum Gasteiger partial charge on any atom is 0.137 e. The Bertz CT molecular complexity index is 385. The molecule has 4 saturated heterocycles. The largest absolute Gasteiger partial charge is 0.748 e. The fourth-order valence-electron chi connectivity index (χ4n) is 3.45. The lowest BCUT2D eigenvalue weighted by atomic mass is 10.3. The van der Waals surface area contributed by atoms with Crippen molar-refractivity contribution in [3.8, 4) is 0 Å². The first-order valence-electron chi connectivity index (χ1n) is 5.90. The molecule has 0 spiro atoms. The van der Waals surface area contributed by atoms with Crippen LogP contribution >= 0.6 is 7.92 Å². The van der Waals surface area contributed by atoms with Gasteiger partial charge >= 0.3 is 0 Å². The molecule has 4 rings (SSSR count). The van der Waals surface area contributed by atoms with E-state index < -0.39 is 10.1 Å². The van der Waals surface area contributed by atoms with E-state index >= 15 is 0 Å². The highest BCUT2D eigenvalue weighted by Crippen LogP contribution is 2.50. The fourth-order valence-corrected chi connectivity index (χ4v) is 6.86. The molecule has 6 N–H and O–H groups in total. The van der Waals surface area contributed by atoms with Crippen molar-refractivity contribution in [2.45, 2.75) is 6.42 Å². The molecule has 0 aromatic rings. The van der Waals surface area contributed by atoms with Crippen LogP contribution in [0.15, 0.2) is 0 Å². The van der Waals surface area contributed by atoms with E-state index in [-0.39, 0.29) is 30.1 Å². The van der Waals surface area contributed by atoms with Crippen molar-refractivity contribution < 1.29 is 33.9 Å². The molecule has 4 aliphatic rings. The zero-order chi connectivity index (χ0) is 12.1. The minimum atomic E-state index is -4.04. The molecule has 9 nitrogen and oxygen atoms in total. The summed E-state index contributed by atoms with van der Waals surface area (Å²) in [4.78, 5) is 4.96. The molecular formula is C9H24N3O6PS. The molecule has 2 unspecified atom stereocenters. The Morgan fingerprint density at radius 2 is 1.65 bits per heavy atom. The summed E-state index contributed by atoms with van der Waals surface area (Å²) in [7, 11) is -3.95. The van der Waals surface area contributed by atoms with Gasteiger partial charge in [0.05, 0.1) is 23.3 Å². The molecule has 20 heavy (non-hydrogen) atoms. The molecule has 4 aliphatic heterocycles. The summed E-state index contributed by atoms with van der Waals surface area (Å²) in [5.74, 6) is -0.203. The average Bonchev–Trinajstić information content (AvgIpc) is 2.11. The summed E-state index contributed by atoms with van der Waals surface area (Å²) in [6, 6.07) is 0. The maximum atomic E-state index is 10.6. The minimum absolute atomic E-state index is 0. The van der Waals surface area contributed by atoms with Crippen molar-refractivity contribution in [1.29, 1.82) is 0 Å². The smallest absolute Gasteiger partial charge is 0.137 e. The third kappa shape index (κ3) is 4.30. The summed E-state index contributed by atoms with van der Waals surface area (Å²) < 4.78 is 32.9. The van der Waals surface area contributed by atoms with Crippen molar-refractivity contribution >= 4 is 18.0 Å². The lowest BCUT2D eigenvalue weighted by molar-refractivity contribution is -0.948. The monoisotopic (exact) mass is 333 g/mol. The van der Waals surface area contributed by atoms with Gasteiger partial charge in [-0.2, -0.15) is 0 Å². The van der Waals surface area contributed by atoms with Gasteiger partial charge in [-0.25, -0.2) is 18.2 Å². The fraction of sp³-hybridized carbons (Fsp3) is 1.00. The minimum Gasteiger partial charge on any atom is -0.748 e. The summed E-state index contributed by atoms with van der Waals surface area (Å²) in [5.41, 5.74) is 0. The molecule has 4 fully saturated rings. The highest BCUT2D eigenvalue weighted by Gasteiger charge is 2.48. The molecule has 122 valence electrons. The number of nitrogens with zero attached hydrogens (tertiary/aromatic N) is 3. The van der Waals surface area contributed by atoms with E-state index in [9.17, 15) is 13.0 Å². The van der Waals surface area contributed by atoms with E-state index in [2.05, 4.69) is 9.80 Å². The molecule has 11 heteroatoms. The molecule has 0 saturated carbocycles. The van der Waals surface area contributed by atoms with Crippen LogP contribution in [0, 0.1) is 0 Å². The highest BCUT2D eigenvalue weighted by atomic mass is 32.2. The molecule has 4 bridgehead atoms. The Balaban J connectivity index is 0.00000120. The third-order valence-electron chi connectivity index (χ3n) is 3.73. The van der Waals surface area contributed by atoms with Crippen molar-refractivity contribution in [2.75, 3.05) is 51.2 Å². The molecule has 0 radical (unpaired) electrons. The second kappa shape index (κ2) is 6.91. The van der Waals surface area contributed by atoms with Gasteiger partial charge in [-0.15, -0.1) is 0 Å². The lowest BCUT2D eigenvalue weighted by Crippen LogP contribution is -2.72. The standard InChI is InChI=1S/C9H18N3O3PS.3H2O/c13-17(14,15)3-1-2-12-5-10-4-11(6-12)8-16(7-10)9-12;;;/h1-9H2;3*1H2. The van der Waals surface area contributed by atoms with Crippen LogP contribution in [0.4, 0.5) is 0 Å². The Hall–Kier alpha value is 0.100. The van der Waals surface area contributed by atoms with Crippen LogP contribution in [0.3, 0.4) is 0 Å². The number of hydrogen-bond donors (Lipinski definition) is 0. The Morgan fingerprint density at radius 3 is 2.10 bits per heavy atom. The van der Waals surface area contributed by atoms with Crippen molar-refractivity contribution in [1.82, 2.24) is 9.80 Å². The van der Waals surface area contributed by atoms with Gasteiger partial charge in [0, 0.05) is 24.7 Å². The normalized spacial score (nSPS) is 37.5. The van der Waals surface area contributed by atoms with Gasteiger partial charge in [0.2, 0.25) is 0 Å². The first-order chi connectivity index (χ1) is 7.94. The van der Waals surface area contributed by atoms with Gasteiger partial charge in [0.15, 0.2) is 0 Å². The van der Waals surface area contributed by atoms with E-state index in [1.54, 1.807) is 0 Å². The van der Waals surface area contributed by atoms with Crippen LogP contribution in [-0.4, -0.2) is 94.8 Å². The number of rotatable bonds is 4. The maximum absolute atomic E-state index is 10.6. The summed E-state index contributed by atoms with van der Waals surface area (Å²) in [6.07, 6.45) is 4.25. The van der Waals surface area contributed by atoms with Crippen LogP contribution in [0.2, 0.25) is 0 Å². The van der Waals surface area contributed by atoms with Gasteiger partial charge in [-0.3, -0.25) is 4.48 Å². The van der Waals surface area contributed by atoms with Crippen LogP contribution in [0.5, 0.6) is 0 Å². The third-order valence-corrected chi connectivity index (χ3v) is 7.12. The van der Waals surface area contributed by atoms with Crippen molar-refractivity contribution in [2.24, 2.45) is 0 Å². The van der Waals surface area contributed by atoms with Crippen LogP contribution in [0.25, 0.3) is 0 Å². The SMILES string of the molecule is O.O.O.O=S(=O)([O-])CCC[N+]12CN3CN(CP(C3)C1)C2. The summed E-state index contributed by atoms with van der Waals surface area (Å²) >= 11 is 0.